The van der Waals surface area contributed by atoms with E-state index in [-0.39, 0.29) is 5.56 Å². The van der Waals surface area contributed by atoms with Gasteiger partial charge in [-0.05, 0) is 24.4 Å². The Morgan fingerprint density at radius 2 is 1.93 bits per heavy atom. The topological polar surface area (TPSA) is 37.3 Å². The van der Waals surface area contributed by atoms with Crippen LogP contribution in [0.15, 0.2) is 30.3 Å². The number of aromatic carboxylic acids is 1. The molecule has 0 amide bonds. The van der Waals surface area contributed by atoms with E-state index in [0.29, 0.717) is 5.02 Å². The molecule has 0 aliphatic carbocycles. The molecule has 0 spiro atoms. The van der Waals surface area contributed by atoms with Gasteiger partial charge in [0.2, 0.25) is 0 Å². The second-order valence-corrected chi connectivity index (χ2v) is 3.83. The molecule has 2 aromatic rings. The van der Waals surface area contributed by atoms with Crippen molar-refractivity contribution in [2.45, 2.75) is 6.92 Å². The largest absolute Gasteiger partial charge is 0.478 e. The van der Waals surface area contributed by atoms with Gasteiger partial charge in [-0.15, -0.1) is 0 Å². The van der Waals surface area contributed by atoms with E-state index in [9.17, 15) is 4.79 Å². The maximum Gasteiger partial charge on any atom is 0.337 e. The number of fused-ring (bicyclic) bond motifs is 1. The molecule has 2 aromatic carbocycles. The third-order valence-corrected chi connectivity index (χ3v) is 2.75. The van der Waals surface area contributed by atoms with Crippen LogP contribution < -0.4 is 0 Å². The van der Waals surface area contributed by atoms with E-state index in [1.165, 1.54) is 6.07 Å². The van der Waals surface area contributed by atoms with E-state index in [2.05, 4.69) is 0 Å². The van der Waals surface area contributed by atoms with Crippen molar-refractivity contribution in [1.29, 1.82) is 0 Å². The Bertz CT molecular complexity index is 547. The summed E-state index contributed by atoms with van der Waals surface area (Å²) in [5.41, 5.74) is 1.21. The van der Waals surface area contributed by atoms with Crippen LogP contribution in [0.3, 0.4) is 0 Å². The smallest absolute Gasteiger partial charge is 0.337 e. The number of carbonyl (C=O) groups is 1. The maximum absolute atomic E-state index is 10.9. The Hall–Kier alpha value is -1.54. The zero-order valence-electron chi connectivity index (χ0n) is 8.12. The normalized spacial score (nSPS) is 10.5. The van der Waals surface area contributed by atoms with Crippen LogP contribution >= 0.6 is 11.6 Å². The zero-order valence-corrected chi connectivity index (χ0v) is 8.88. The van der Waals surface area contributed by atoms with Crippen LogP contribution in [0.5, 0.6) is 0 Å². The van der Waals surface area contributed by atoms with Crippen molar-refractivity contribution < 1.29 is 9.90 Å². The van der Waals surface area contributed by atoms with Crippen LogP contribution in [0, 0.1) is 6.92 Å². The van der Waals surface area contributed by atoms with Gasteiger partial charge in [-0.3, -0.25) is 0 Å². The van der Waals surface area contributed by atoms with Crippen LogP contribution in [-0.4, -0.2) is 11.1 Å². The molecule has 3 heteroatoms. The van der Waals surface area contributed by atoms with Crippen LogP contribution in [0.4, 0.5) is 0 Å². The molecule has 0 heterocycles. The number of aryl methyl sites for hydroxylation is 1. The molecule has 0 bridgehead atoms. The zero-order chi connectivity index (χ0) is 11.0. The molecule has 0 aliphatic heterocycles. The summed E-state index contributed by atoms with van der Waals surface area (Å²) in [7, 11) is 0. The quantitative estimate of drug-likeness (QED) is 0.799. The van der Waals surface area contributed by atoms with Gasteiger partial charge < -0.3 is 5.11 Å². The minimum absolute atomic E-state index is 0.148. The summed E-state index contributed by atoms with van der Waals surface area (Å²) in [6.07, 6.45) is 0. The predicted molar refractivity (Wildman–Crippen MR) is 60.7 cm³/mol. The van der Waals surface area contributed by atoms with Gasteiger partial charge in [0.15, 0.2) is 0 Å². The first-order chi connectivity index (χ1) is 7.09. The number of carboxylic acid groups (broad SMARTS) is 1. The highest BCUT2D eigenvalue weighted by atomic mass is 35.5. The lowest BCUT2D eigenvalue weighted by Gasteiger charge is -2.04. The molecule has 0 fully saturated rings. The number of hydrogen-bond acceptors (Lipinski definition) is 1. The summed E-state index contributed by atoms with van der Waals surface area (Å²) in [6.45, 7) is 1.95. The fourth-order valence-corrected chi connectivity index (χ4v) is 1.87. The highest BCUT2D eigenvalue weighted by Gasteiger charge is 2.11. The molecule has 76 valence electrons. The van der Waals surface area contributed by atoms with E-state index in [4.69, 9.17) is 16.7 Å². The molecule has 0 radical (unpaired) electrons. The standard InChI is InChI=1S/C12H9ClO2/c1-7-2-3-8-4-5-9(12(14)15)11(13)10(8)6-7/h2-6H,1H3,(H,14,15). The first kappa shape index (κ1) is 9.99. The molecule has 15 heavy (non-hydrogen) atoms. The molecule has 2 nitrogen and oxygen atoms in total. The monoisotopic (exact) mass is 220 g/mol. The SMILES string of the molecule is Cc1ccc2ccc(C(=O)O)c(Cl)c2c1. The van der Waals surface area contributed by atoms with E-state index in [0.717, 1.165) is 16.3 Å². The highest BCUT2D eigenvalue weighted by Crippen LogP contribution is 2.28. The van der Waals surface area contributed by atoms with Crippen molar-refractivity contribution in [2.75, 3.05) is 0 Å². The van der Waals surface area contributed by atoms with E-state index >= 15 is 0 Å². The van der Waals surface area contributed by atoms with E-state index in [1.54, 1.807) is 6.07 Å². The van der Waals surface area contributed by atoms with Gasteiger partial charge in [0.05, 0.1) is 10.6 Å². The summed E-state index contributed by atoms with van der Waals surface area (Å²) in [6, 6.07) is 9.10. The summed E-state index contributed by atoms with van der Waals surface area (Å²) in [4.78, 5) is 10.9. The average Bonchev–Trinajstić information content (AvgIpc) is 2.19. The molecule has 0 atom stereocenters. The Morgan fingerprint density at radius 3 is 2.60 bits per heavy atom. The number of hydrogen-bond donors (Lipinski definition) is 1. The molecule has 0 saturated heterocycles. The molecule has 0 aliphatic rings. The average molecular weight is 221 g/mol. The summed E-state index contributed by atoms with van der Waals surface area (Å²) >= 11 is 6.03. The number of benzene rings is 2. The Morgan fingerprint density at radius 1 is 1.27 bits per heavy atom. The van der Waals surface area contributed by atoms with Gasteiger partial charge in [0, 0.05) is 5.39 Å². The summed E-state index contributed by atoms with van der Waals surface area (Å²) in [5, 5.41) is 11.0. The molecule has 0 saturated carbocycles. The molecule has 1 N–H and O–H groups in total. The second-order valence-electron chi connectivity index (χ2n) is 3.46. The third-order valence-electron chi connectivity index (χ3n) is 2.34. The van der Waals surface area contributed by atoms with Crippen LogP contribution in [0.1, 0.15) is 15.9 Å². The van der Waals surface area contributed by atoms with Crippen molar-refractivity contribution in [3.63, 3.8) is 0 Å². The summed E-state index contributed by atoms with van der Waals surface area (Å²) in [5.74, 6) is -0.997. The van der Waals surface area contributed by atoms with Gasteiger partial charge in [-0.2, -0.15) is 0 Å². The van der Waals surface area contributed by atoms with Crippen molar-refractivity contribution in [2.24, 2.45) is 0 Å². The third kappa shape index (κ3) is 1.68. The fourth-order valence-electron chi connectivity index (χ4n) is 1.56. The lowest BCUT2D eigenvalue weighted by Crippen LogP contribution is -1.97. The van der Waals surface area contributed by atoms with Gasteiger partial charge in [0.1, 0.15) is 0 Å². The van der Waals surface area contributed by atoms with Crippen molar-refractivity contribution in [1.82, 2.24) is 0 Å². The molecular weight excluding hydrogens is 212 g/mol. The second kappa shape index (κ2) is 3.55. The Labute approximate surface area is 92.1 Å². The van der Waals surface area contributed by atoms with Gasteiger partial charge >= 0.3 is 5.97 Å². The van der Waals surface area contributed by atoms with E-state index < -0.39 is 5.97 Å². The van der Waals surface area contributed by atoms with Gasteiger partial charge in [0.25, 0.3) is 0 Å². The van der Waals surface area contributed by atoms with Crippen molar-refractivity contribution in [3.05, 3.63) is 46.5 Å². The Kier molecular flexibility index (Phi) is 2.37. The number of carboxylic acids is 1. The van der Waals surface area contributed by atoms with Gasteiger partial charge in [-0.25, -0.2) is 4.79 Å². The fraction of sp³-hybridized carbons (Fsp3) is 0.0833. The van der Waals surface area contributed by atoms with Crippen LogP contribution in [0.25, 0.3) is 10.8 Å². The molecule has 0 aromatic heterocycles. The molecule has 0 unspecified atom stereocenters. The molecular formula is C12H9ClO2. The van der Waals surface area contributed by atoms with Gasteiger partial charge in [-0.1, -0.05) is 35.4 Å². The number of rotatable bonds is 1. The van der Waals surface area contributed by atoms with Crippen LogP contribution in [0.2, 0.25) is 5.02 Å². The first-order valence-electron chi connectivity index (χ1n) is 4.52. The highest BCUT2D eigenvalue weighted by molar-refractivity contribution is 6.38. The maximum atomic E-state index is 10.9. The summed E-state index contributed by atoms with van der Waals surface area (Å²) < 4.78 is 0. The lowest BCUT2D eigenvalue weighted by atomic mass is 10.0. The van der Waals surface area contributed by atoms with E-state index in [1.807, 2.05) is 25.1 Å². The Balaban J connectivity index is 2.82. The molecule has 2 rings (SSSR count). The lowest BCUT2D eigenvalue weighted by molar-refractivity contribution is 0.0697. The van der Waals surface area contributed by atoms with Crippen molar-refractivity contribution in [3.8, 4) is 0 Å². The van der Waals surface area contributed by atoms with Crippen molar-refractivity contribution >= 4 is 28.3 Å². The minimum Gasteiger partial charge on any atom is -0.478 e. The minimum atomic E-state index is -0.997. The first-order valence-corrected chi connectivity index (χ1v) is 4.89. The number of halogens is 1. The van der Waals surface area contributed by atoms with Crippen LogP contribution in [-0.2, 0) is 0 Å². The predicted octanol–water partition coefficient (Wildman–Crippen LogP) is 3.50.